The summed E-state index contributed by atoms with van der Waals surface area (Å²) in [5, 5.41) is 12.0. The number of hydrogen-bond acceptors (Lipinski definition) is 4. The minimum Gasteiger partial charge on any atom is -0.315 e. The van der Waals surface area contributed by atoms with Gasteiger partial charge in [0.1, 0.15) is 6.54 Å². The third-order valence-electron chi connectivity index (χ3n) is 6.08. The highest BCUT2D eigenvalue weighted by molar-refractivity contribution is 6.12. The average Bonchev–Trinajstić information content (AvgIpc) is 3.10. The second-order valence-corrected chi connectivity index (χ2v) is 8.60. The Labute approximate surface area is 204 Å². The first-order valence-electron chi connectivity index (χ1n) is 11.4. The summed E-state index contributed by atoms with van der Waals surface area (Å²) in [5.41, 5.74) is 2.35. The molecule has 0 atom stereocenters. The van der Waals surface area contributed by atoms with Gasteiger partial charge >= 0.3 is 6.03 Å². The molecule has 7 heteroatoms. The summed E-state index contributed by atoms with van der Waals surface area (Å²) < 4.78 is 0. The van der Waals surface area contributed by atoms with Crippen molar-refractivity contribution in [2.24, 2.45) is 0 Å². The Balaban J connectivity index is 1.69. The molecule has 3 aromatic carbocycles. The topological polar surface area (TPSA) is 93.5 Å². The Morgan fingerprint density at radius 1 is 0.943 bits per heavy atom. The molecule has 1 heterocycles. The monoisotopic (exact) mass is 466 g/mol. The summed E-state index contributed by atoms with van der Waals surface area (Å²) in [6.07, 6.45) is 0.122. The van der Waals surface area contributed by atoms with E-state index in [1.807, 2.05) is 44.2 Å². The van der Waals surface area contributed by atoms with Crippen molar-refractivity contribution in [1.29, 1.82) is 5.26 Å². The number of amides is 4. The van der Waals surface area contributed by atoms with Crippen LogP contribution in [0.25, 0.3) is 0 Å². The van der Waals surface area contributed by atoms with Crippen LogP contribution in [0.15, 0.2) is 78.9 Å². The number of urea groups is 1. The van der Waals surface area contributed by atoms with Crippen LogP contribution in [0.3, 0.4) is 0 Å². The van der Waals surface area contributed by atoms with E-state index in [0.29, 0.717) is 16.8 Å². The lowest BCUT2D eigenvalue weighted by molar-refractivity contribution is -0.133. The van der Waals surface area contributed by atoms with E-state index in [-0.39, 0.29) is 13.0 Å². The van der Waals surface area contributed by atoms with Crippen LogP contribution in [0.1, 0.15) is 28.7 Å². The van der Waals surface area contributed by atoms with Crippen molar-refractivity contribution in [3.8, 4) is 6.07 Å². The number of nitriles is 1. The van der Waals surface area contributed by atoms with Crippen LogP contribution in [0.5, 0.6) is 0 Å². The molecule has 0 saturated carbocycles. The van der Waals surface area contributed by atoms with Crippen molar-refractivity contribution in [2.75, 3.05) is 18.0 Å². The second kappa shape index (κ2) is 9.82. The van der Waals surface area contributed by atoms with Gasteiger partial charge in [0.15, 0.2) is 5.54 Å². The zero-order valence-corrected chi connectivity index (χ0v) is 19.7. The number of imide groups is 1. The molecule has 1 fully saturated rings. The Morgan fingerprint density at radius 3 is 2.00 bits per heavy atom. The van der Waals surface area contributed by atoms with Gasteiger partial charge in [-0.1, -0.05) is 66.7 Å². The summed E-state index contributed by atoms with van der Waals surface area (Å²) in [6.45, 7) is 3.57. The summed E-state index contributed by atoms with van der Waals surface area (Å²) in [5.74, 6) is -0.959. The molecule has 7 nitrogen and oxygen atoms in total. The van der Waals surface area contributed by atoms with Crippen molar-refractivity contribution in [2.45, 2.75) is 25.8 Å². The number of aryl methyl sites for hydroxylation is 2. The van der Waals surface area contributed by atoms with Crippen LogP contribution >= 0.6 is 0 Å². The lowest BCUT2D eigenvalue weighted by atomic mass is 9.82. The van der Waals surface area contributed by atoms with Crippen molar-refractivity contribution < 1.29 is 14.4 Å². The zero-order chi connectivity index (χ0) is 25.0. The Kier molecular flexibility index (Phi) is 6.65. The molecule has 1 aliphatic rings. The predicted octanol–water partition coefficient (Wildman–Crippen LogP) is 4.05. The first-order chi connectivity index (χ1) is 16.9. The van der Waals surface area contributed by atoms with Crippen LogP contribution in [-0.4, -0.2) is 35.8 Å². The standard InChI is InChI=1S/C28H26N4O3/c1-20-16-21(2)18-24(17-20)31(15-9-14-29)25(33)19-32-26(34)28(30-27(32)35,22-10-5-3-6-11-22)23-12-7-4-8-13-23/h3-8,10-13,16-18H,9,15,19H2,1-2H3,(H,30,35). The fraction of sp³-hybridized carbons (Fsp3) is 0.214. The number of benzene rings is 3. The number of nitrogens with one attached hydrogen (secondary N) is 1. The Bertz CT molecular complexity index is 1240. The molecular formula is C28H26N4O3. The van der Waals surface area contributed by atoms with Gasteiger partial charge in [0.05, 0.1) is 12.5 Å². The van der Waals surface area contributed by atoms with Crippen LogP contribution in [-0.2, 0) is 15.1 Å². The van der Waals surface area contributed by atoms with Crippen LogP contribution < -0.4 is 10.2 Å². The average molecular weight is 467 g/mol. The number of carbonyl (C=O) groups is 3. The van der Waals surface area contributed by atoms with E-state index < -0.39 is 29.9 Å². The number of nitrogens with zero attached hydrogens (tertiary/aromatic N) is 3. The van der Waals surface area contributed by atoms with Gasteiger partial charge in [-0.05, 0) is 48.2 Å². The molecule has 1 aliphatic heterocycles. The molecule has 0 aliphatic carbocycles. The minimum absolute atomic E-state index is 0.122. The fourth-order valence-corrected chi connectivity index (χ4v) is 4.54. The van der Waals surface area contributed by atoms with Gasteiger partial charge in [0, 0.05) is 12.2 Å². The maximum Gasteiger partial charge on any atom is 0.326 e. The number of rotatable bonds is 7. The van der Waals surface area contributed by atoms with Gasteiger partial charge in [0.2, 0.25) is 5.91 Å². The predicted molar refractivity (Wildman–Crippen MR) is 132 cm³/mol. The number of carbonyl (C=O) groups excluding carboxylic acids is 3. The molecule has 176 valence electrons. The van der Waals surface area contributed by atoms with Crippen molar-refractivity contribution in [1.82, 2.24) is 10.2 Å². The summed E-state index contributed by atoms with van der Waals surface area (Å²) in [4.78, 5) is 42.9. The summed E-state index contributed by atoms with van der Waals surface area (Å²) in [7, 11) is 0. The van der Waals surface area contributed by atoms with Crippen LogP contribution in [0.2, 0.25) is 0 Å². The van der Waals surface area contributed by atoms with Crippen molar-refractivity contribution in [3.05, 3.63) is 101 Å². The van der Waals surface area contributed by atoms with Gasteiger partial charge in [-0.3, -0.25) is 14.5 Å². The molecule has 4 rings (SSSR count). The van der Waals surface area contributed by atoms with Crippen molar-refractivity contribution >= 4 is 23.5 Å². The molecular weight excluding hydrogens is 440 g/mol. The molecule has 3 aromatic rings. The highest BCUT2D eigenvalue weighted by Crippen LogP contribution is 2.36. The normalized spacial score (nSPS) is 14.4. The van der Waals surface area contributed by atoms with Crippen LogP contribution in [0, 0.1) is 25.2 Å². The van der Waals surface area contributed by atoms with E-state index in [4.69, 9.17) is 5.26 Å². The maximum absolute atomic E-state index is 13.9. The largest absolute Gasteiger partial charge is 0.326 e. The third kappa shape index (κ3) is 4.51. The third-order valence-corrected chi connectivity index (χ3v) is 6.08. The SMILES string of the molecule is Cc1cc(C)cc(N(CCC#N)C(=O)CN2C(=O)NC(c3ccccc3)(c3ccccc3)C2=O)c1. The quantitative estimate of drug-likeness (QED) is 0.532. The van der Waals surface area contributed by atoms with Crippen LogP contribution in [0.4, 0.5) is 10.5 Å². The van der Waals surface area contributed by atoms with E-state index in [9.17, 15) is 14.4 Å². The van der Waals surface area contributed by atoms with Crippen molar-refractivity contribution in [3.63, 3.8) is 0 Å². The van der Waals surface area contributed by atoms with E-state index in [1.165, 1.54) is 4.90 Å². The van der Waals surface area contributed by atoms with E-state index in [2.05, 4.69) is 11.4 Å². The first kappa shape index (κ1) is 23.7. The van der Waals surface area contributed by atoms with E-state index in [1.54, 1.807) is 48.5 Å². The highest BCUT2D eigenvalue weighted by atomic mass is 16.2. The molecule has 4 amide bonds. The lowest BCUT2D eigenvalue weighted by Gasteiger charge is -2.28. The number of anilines is 1. The summed E-state index contributed by atoms with van der Waals surface area (Å²) >= 11 is 0. The smallest absolute Gasteiger partial charge is 0.315 e. The Morgan fingerprint density at radius 2 is 1.49 bits per heavy atom. The molecule has 0 unspecified atom stereocenters. The summed E-state index contributed by atoms with van der Waals surface area (Å²) in [6, 6.07) is 25.1. The fourth-order valence-electron chi connectivity index (χ4n) is 4.54. The van der Waals surface area contributed by atoms with Gasteiger partial charge in [-0.2, -0.15) is 5.26 Å². The molecule has 35 heavy (non-hydrogen) atoms. The van der Waals surface area contributed by atoms with E-state index >= 15 is 0 Å². The zero-order valence-electron chi connectivity index (χ0n) is 19.7. The highest BCUT2D eigenvalue weighted by Gasteiger charge is 2.54. The second-order valence-electron chi connectivity index (χ2n) is 8.60. The lowest BCUT2D eigenvalue weighted by Crippen LogP contribution is -2.46. The molecule has 0 bridgehead atoms. The Hall–Kier alpha value is -4.44. The van der Waals surface area contributed by atoms with Gasteiger partial charge in [0.25, 0.3) is 5.91 Å². The van der Waals surface area contributed by atoms with Gasteiger partial charge in [-0.25, -0.2) is 4.79 Å². The van der Waals surface area contributed by atoms with E-state index in [0.717, 1.165) is 16.0 Å². The molecule has 1 saturated heterocycles. The molecule has 1 N–H and O–H groups in total. The number of hydrogen-bond donors (Lipinski definition) is 1. The first-order valence-corrected chi connectivity index (χ1v) is 11.4. The molecule has 0 aromatic heterocycles. The minimum atomic E-state index is -1.43. The molecule has 0 radical (unpaired) electrons. The van der Waals surface area contributed by atoms with Gasteiger partial charge in [-0.15, -0.1) is 0 Å². The van der Waals surface area contributed by atoms with Gasteiger partial charge < -0.3 is 10.2 Å². The molecule has 0 spiro atoms. The maximum atomic E-state index is 13.9.